The van der Waals surface area contributed by atoms with Gasteiger partial charge in [0.05, 0.1) is 23.0 Å². The number of carbonyl (C=O) groups excluding carboxylic acids is 2. The van der Waals surface area contributed by atoms with E-state index in [1.54, 1.807) is 4.90 Å². The van der Waals surface area contributed by atoms with Gasteiger partial charge < -0.3 is 15.2 Å². The molecule has 2 atom stereocenters. The molecule has 1 aromatic heterocycles. The second-order valence-corrected chi connectivity index (χ2v) is 8.53. The molecule has 0 radical (unpaired) electrons. The van der Waals surface area contributed by atoms with Gasteiger partial charge in [0, 0.05) is 19.5 Å². The molecular weight excluding hydrogens is 376 g/mol. The van der Waals surface area contributed by atoms with Gasteiger partial charge in [-0.05, 0) is 30.5 Å². The van der Waals surface area contributed by atoms with Crippen LogP contribution in [0, 0.1) is 18.8 Å². The van der Waals surface area contributed by atoms with Crippen molar-refractivity contribution in [1.82, 2.24) is 20.2 Å². The summed E-state index contributed by atoms with van der Waals surface area (Å²) < 4.78 is 0. The second-order valence-electron chi connectivity index (χ2n) is 8.53. The van der Waals surface area contributed by atoms with Gasteiger partial charge in [0.25, 0.3) is 0 Å². The molecule has 0 unspecified atom stereocenters. The summed E-state index contributed by atoms with van der Waals surface area (Å²) in [6.07, 6.45) is 0.253. The number of para-hydroxylation sites is 2. The van der Waals surface area contributed by atoms with Crippen LogP contribution in [0.2, 0.25) is 0 Å². The number of nitrogens with one attached hydrogen (secondary N) is 2. The quantitative estimate of drug-likeness (QED) is 0.657. The molecule has 3 aromatic rings. The van der Waals surface area contributed by atoms with E-state index in [9.17, 15) is 9.59 Å². The van der Waals surface area contributed by atoms with Crippen molar-refractivity contribution in [2.75, 3.05) is 6.54 Å². The summed E-state index contributed by atoms with van der Waals surface area (Å²) in [7, 11) is 0. The number of aromatic amines is 1. The molecule has 156 valence electrons. The van der Waals surface area contributed by atoms with Gasteiger partial charge in [0.2, 0.25) is 11.8 Å². The van der Waals surface area contributed by atoms with Crippen molar-refractivity contribution >= 4 is 22.8 Å². The Morgan fingerprint density at radius 3 is 2.63 bits per heavy atom. The number of H-pyrrole nitrogens is 1. The van der Waals surface area contributed by atoms with Crippen molar-refractivity contribution < 1.29 is 9.59 Å². The minimum absolute atomic E-state index is 0.0283. The molecule has 2 amide bonds. The van der Waals surface area contributed by atoms with Crippen LogP contribution in [-0.2, 0) is 16.1 Å². The van der Waals surface area contributed by atoms with Crippen LogP contribution in [0.25, 0.3) is 11.0 Å². The van der Waals surface area contributed by atoms with Crippen molar-refractivity contribution in [3.63, 3.8) is 0 Å². The predicted octanol–water partition coefficient (Wildman–Crippen LogP) is 3.73. The number of hydrogen-bond donors (Lipinski definition) is 2. The van der Waals surface area contributed by atoms with Crippen LogP contribution in [-0.4, -0.2) is 33.2 Å². The maximum absolute atomic E-state index is 13.0. The largest absolute Gasteiger partial charge is 0.346 e. The summed E-state index contributed by atoms with van der Waals surface area (Å²) in [5, 5.41) is 3.14. The van der Waals surface area contributed by atoms with E-state index in [0.29, 0.717) is 13.1 Å². The zero-order chi connectivity index (χ0) is 21.3. The highest BCUT2D eigenvalue weighted by atomic mass is 16.2. The summed E-state index contributed by atoms with van der Waals surface area (Å²) in [5.41, 5.74) is 4.10. The SMILES string of the molecule is Cc1ccc(CN2C[C@@H](C(=O)N[C@@H](c3nc4ccccc4[nH]3)C(C)C)CC2=O)cc1. The minimum Gasteiger partial charge on any atom is -0.346 e. The van der Waals surface area contributed by atoms with E-state index < -0.39 is 0 Å². The summed E-state index contributed by atoms with van der Waals surface area (Å²) >= 11 is 0. The minimum atomic E-state index is -0.339. The molecule has 0 aliphatic carbocycles. The number of benzene rings is 2. The Bertz CT molecular complexity index is 1020. The smallest absolute Gasteiger partial charge is 0.226 e. The average Bonchev–Trinajstić information content (AvgIpc) is 3.31. The van der Waals surface area contributed by atoms with Gasteiger partial charge in [-0.25, -0.2) is 4.98 Å². The fourth-order valence-corrected chi connectivity index (χ4v) is 3.96. The monoisotopic (exact) mass is 404 g/mol. The molecule has 1 aliphatic heterocycles. The van der Waals surface area contributed by atoms with Crippen molar-refractivity contribution in [2.24, 2.45) is 11.8 Å². The van der Waals surface area contributed by atoms with E-state index in [1.165, 1.54) is 5.56 Å². The summed E-state index contributed by atoms with van der Waals surface area (Å²) in [6.45, 7) is 7.14. The molecule has 1 saturated heterocycles. The van der Waals surface area contributed by atoms with E-state index in [4.69, 9.17) is 0 Å². The third-order valence-corrected chi connectivity index (χ3v) is 5.75. The molecule has 0 spiro atoms. The number of likely N-dealkylation sites (tertiary alicyclic amines) is 1. The molecule has 30 heavy (non-hydrogen) atoms. The molecule has 2 heterocycles. The molecule has 6 nitrogen and oxygen atoms in total. The van der Waals surface area contributed by atoms with Crippen molar-refractivity contribution in [2.45, 2.75) is 39.8 Å². The fourth-order valence-electron chi connectivity index (χ4n) is 3.96. The van der Waals surface area contributed by atoms with Crippen LogP contribution in [0.1, 0.15) is 43.3 Å². The Balaban J connectivity index is 1.44. The molecular formula is C24H28N4O2. The third-order valence-electron chi connectivity index (χ3n) is 5.75. The maximum atomic E-state index is 13.0. The van der Waals surface area contributed by atoms with Crippen LogP contribution < -0.4 is 5.32 Å². The zero-order valence-corrected chi connectivity index (χ0v) is 17.7. The number of amides is 2. The van der Waals surface area contributed by atoms with Crippen molar-refractivity contribution in [1.29, 1.82) is 0 Å². The number of nitrogens with zero attached hydrogens (tertiary/aromatic N) is 2. The number of fused-ring (bicyclic) bond motifs is 1. The fraction of sp³-hybridized carbons (Fsp3) is 0.375. The highest BCUT2D eigenvalue weighted by Gasteiger charge is 2.35. The van der Waals surface area contributed by atoms with Gasteiger partial charge in [-0.2, -0.15) is 0 Å². The Kier molecular flexibility index (Phi) is 5.57. The van der Waals surface area contributed by atoms with Crippen LogP contribution in [0.3, 0.4) is 0 Å². The van der Waals surface area contributed by atoms with Gasteiger partial charge in [0.15, 0.2) is 0 Å². The highest BCUT2D eigenvalue weighted by molar-refractivity contribution is 5.89. The lowest BCUT2D eigenvalue weighted by molar-refractivity contribution is -0.129. The van der Waals surface area contributed by atoms with Gasteiger partial charge in [0.1, 0.15) is 5.82 Å². The number of imidazole rings is 1. The predicted molar refractivity (Wildman–Crippen MR) is 117 cm³/mol. The number of rotatable bonds is 6. The third kappa shape index (κ3) is 4.22. The van der Waals surface area contributed by atoms with E-state index in [0.717, 1.165) is 22.4 Å². The van der Waals surface area contributed by atoms with Gasteiger partial charge >= 0.3 is 0 Å². The lowest BCUT2D eigenvalue weighted by Gasteiger charge is -2.22. The zero-order valence-electron chi connectivity index (χ0n) is 17.7. The maximum Gasteiger partial charge on any atom is 0.226 e. The number of hydrogen-bond acceptors (Lipinski definition) is 3. The average molecular weight is 405 g/mol. The first-order chi connectivity index (χ1) is 14.4. The Hall–Kier alpha value is -3.15. The van der Waals surface area contributed by atoms with Crippen LogP contribution in [0.5, 0.6) is 0 Å². The Morgan fingerprint density at radius 1 is 1.20 bits per heavy atom. The molecule has 2 aromatic carbocycles. The molecule has 0 saturated carbocycles. The topological polar surface area (TPSA) is 78.1 Å². The first-order valence-corrected chi connectivity index (χ1v) is 10.5. The molecule has 1 aliphatic rings. The van der Waals surface area contributed by atoms with E-state index >= 15 is 0 Å². The number of carbonyl (C=O) groups is 2. The van der Waals surface area contributed by atoms with Crippen molar-refractivity contribution in [3.05, 3.63) is 65.5 Å². The van der Waals surface area contributed by atoms with E-state index in [2.05, 4.69) is 29.1 Å². The lowest BCUT2D eigenvalue weighted by atomic mass is 10.0. The second kappa shape index (κ2) is 8.30. The summed E-state index contributed by atoms with van der Waals surface area (Å²) in [4.78, 5) is 35.3. The van der Waals surface area contributed by atoms with E-state index in [1.807, 2.05) is 55.5 Å². The molecule has 6 heteroatoms. The highest BCUT2D eigenvalue weighted by Crippen LogP contribution is 2.25. The van der Waals surface area contributed by atoms with Crippen molar-refractivity contribution in [3.8, 4) is 0 Å². The molecule has 0 bridgehead atoms. The summed E-state index contributed by atoms with van der Waals surface area (Å²) in [6, 6.07) is 15.8. The normalized spacial score (nSPS) is 17.7. The van der Waals surface area contributed by atoms with Crippen LogP contribution in [0.4, 0.5) is 0 Å². The molecule has 4 rings (SSSR count). The standard InChI is InChI=1S/C24H28N4O2/c1-15(2)22(23-25-19-6-4-5-7-20(19)26-23)27-24(30)18-12-21(29)28(14-18)13-17-10-8-16(3)9-11-17/h4-11,15,18,22H,12-14H2,1-3H3,(H,25,26)(H,27,30)/t18-,22+/m0/s1. The number of aryl methyl sites for hydroxylation is 1. The number of aromatic nitrogens is 2. The van der Waals surface area contributed by atoms with Crippen LogP contribution in [0.15, 0.2) is 48.5 Å². The van der Waals surface area contributed by atoms with Gasteiger partial charge in [-0.1, -0.05) is 55.8 Å². The molecule has 1 fully saturated rings. The van der Waals surface area contributed by atoms with Gasteiger partial charge in [-0.3, -0.25) is 9.59 Å². The van der Waals surface area contributed by atoms with E-state index in [-0.39, 0.29) is 36.1 Å². The lowest BCUT2D eigenvalue weighted by Crippen LogP contribution is -2.38. The molecule has 2 N–H and O–H groups in total. The van der Waals surface area contributed by atoms with Gasteiger partial charge in [-0.15, -0.1) is 0 Å². The first-order valence-electron chi connectivity index (χ1n) is 10.5. The Labute approximate surface area is 176 Å². The summed E-state index contributed by atoms with van der Waals surface area (Å²) in [5.74, 6) is 0.513. The van der Waals surface area contributed by atoms with Crippen LogP contribution >= 0.6 is 0 Å². The first kappa shape index (κ1) is 20.1. The Morgan fingerprint density at radius 2 is 1.93 bits per heavy atom.